The number of halogens is 1. The number of carbonyl (C=O) groups is 1. The summed E-state index contributed by atoms with van der Waals surface area (Å²) in [4.78, 5) is 10.5. The number of rotatable bonds is 3. The Morgan fingerprint density at radius 2 is 2.13 bits per heavy atom. The molecular weight excluding hydrogens is 224 g/mol. The Bertz CT molecular complexity index is 390. The summed E-state index contributed by atoms with van der Waals surface area (Å²) >= 11 is 5.70. The molecule has 82 valence electrons. The first-order chi connectivity index (χ1) is 6.97. The maximum Gasteiger partial charge on any atom is 0.337 e. The molecule has 1 unspecified atom stereocenters. The molecule has 15 heavy (non-hydrogen) atoms. The van der Waals surface area contributed by atoms with Crippen LogP contribution in [0.25, 0.3) is 0 Å². The van der Waals surface area contributed by atoms with Gasteiger partial charge in [0, 0.05) is 11.6 Å². The molecule has 0 amide bonds. The van der Waals surface area contributed by atoms with Crippen LogP contribution in [0.4, 0.5) is 0 Å². The Morgan fingerprint density at radius 3 is 2.60 bits per heavy atom. The number of hydrogen-bond donors (Lipinski definition) is 3. The minimum absolute atomic E-state index is 0.0135. The SMILES string of the molecule is COc1cc(Cl)c(C(O)C(=O)O)cc1O. The molecule has 0 saturated carbocycles. The maximum atomic E-state index is 10.5. The van der Waals surface area contributed by atoms with Crippen LogP contribution >= 0.6 is 11.6 Å². The highest BCUT2D eigenvalue weighted by atomic mass is 35.5. The molecule has 6 heteroatoms. The number of ether oxygens (including phenoxy) is 1. The molecule has 0 radical (unpaired) electrons. The molecule has 0 bridgehead atoms. The van der Waals surface area contributed by atoms with Crippen molar-refractivity contribution in [2.75, 3.05) is 7.11 Å². The van der Waals surface area contributed by atoms with Crippen molar-refractivity contribution >= 4 is 17.6 Å². The van der Waals surface area contributed by atoms with Gasteiger partial charge in [0.25, 0.3) is 0 Å². The lowest BCUT2D eigenvalue weighted by Gasteiger charge is -2.11. The number of aromatic hydroxyl groups is 1. The van der Waals surface area contributed by atoms with Gasteiger partial charge in [0.2, 0.25) is 0 Å². The summed E-state index contributed by atoms with van der Waals surface area (Å²) in [6.07, 6.45) is -1.77. The summed E-state index contributed by atoms with van der Waals surface area (Å²) in [5.74, 6) is -1.61. The Hall–Kier alpha value is -1.46. The van der Waals surface area contributed by atoms with Gasteiger partial charge < -0.3 is 20.1 Å². The smallest absolute Gasteiger partial charge is 0.337 e. The summed E-state index contributed by atoms with van der Waals surface area (Å²) in [6, 6.07) is 2.29. The van der Waals surface area contributed by atoms with Crippen molar-refractivity contribution in [2.24, 2.45) is 0 Å². The predicted octanol–water partition coefficient (Wildman–Crippen LogP) is 1.17. The van der Waals surface area contributed by atoms with Crippen LogP contribution < -0.4 is 4.74 Å². The van der Waals surface area contributed by atoms with Gasteiger partial charge in [-0.2, -0.15) is 0 Å². The van der Waals surface area contributed by atoms with Gasteiger partial charge in [-0.3, -0.25) is 0 Å². The Kier molecular flexibility index (Phi) is 3.39. The minimum Gasteiger partial charge on any atom is -0.504 e. The zero-order valence-corrected chi connectivity index (χ0v) is 8.52. The van der Waals surface area contributed by atoms with Crippen LogP contribution in [0.3, 0.4) is 0 Å². The number of aliphatic carboxylic acids is 1. The van der Waals surface area contributed by atoms with Crippen LogP contribution in [0.15, 0.2) is 12.1 Å². The molecule has 5 nitrogen and oxygen atoms in total. The molecule has 1 aromatic rings. The van der Waals surface area contributed by atoms with Crippen LogP contribution in [0.2, 0.25) is 5.02 Å². The first-order valence-corrected chi connectivity index (χ1v) is 4.32. The first-order valence-electron chi connectivity index (χ1n) is 3.94. The fourth-order valence-electron chi connectivity index (χ4n) is 1.07. The van der Waals surface area contributed by atoms with Crippen LogP contribution in [-0.4, -0.2) is 28.4 Å². The molecule has 0 aliphatic heterocycles. The van der Waals surface area contributed by atoms with E-state index in [0.29, 0.717) is 0 Å². The summed E-state index contributed by atoms with van der Waals surface area (Å²) in [5.41, 5.74) is -0.0810. The van der Waals surface area contributed by atoms with Gasteiger partial charge in [-0.1, -0.05) is 11.6 Å². The lowest BCUT2D eigenvalue weighted by molar-refractivity contribution is -0.146. The van der Waals surface area contributed by atoms with E-state index in [1.54, 1.807) is 0 Å². The van der Waals surface area contributed by atoms with Gasteiger partial charge in [-0.15, -0.1) is 0 Å². The van der Waals surface area contributed by atoms with Gasteiger partial charge in [0.15, 0.2) is 17.6 Å². The van der Waals surface area contributed by atoms with E-state index in [9.17, 15) is 15.0 Å². The second-order valence-corrected chi connectivity index (χ2v) is 3.19. The number of phenols is 1. The number of benzene rings is 1. The highest BCUT2D eigenvalue weighted by Gasteiger charge is 2.21. The summed E-state index contributed by atoms with van der Waals surface area (Å²) in [7, 11) is 1.33. The number of phenolic OH excluding ortho intramolecular Hbond substituents is 1. The molecule has 3 N–H and O–H groups in total. The average Bonchev–Trinajstić information content (AvgIpc) is 2.19. The largest absolute Gasteiger partial charge is 0.504 e. The van der Waals surface area contributed by atoms with E-state index in [1.807, 2.05) is 0 Å². The van der Waals surface area contributed by atoms with Crippen LogP contribution in [-0.2, 0) is 4.79 Å². The molecule has 0 aliphatic carbocycles. The van der Waals surface area contributed by atoms with Gasteiger partial charge >= 0.3 is 5.97 Å². The standard InChI is InChI=1S/C9H9ClO5/c1-15-7-3-5(10)4(2-6(7)11)8(12)9(13)14/h2-3,8,11-12H,1H3,(H,13,14). The quantitative estimate of drug-likeness (QED) is 0.728. The molecule has 0 saturated heterocycles. The topological polar surface area (TPSA) is 87.0 Å². The van der Waals surface area contributed by atoms with Crippen LogP contribution in [0.5, 0.6) is 11.5 Å². The zero-order chi connectivity index (χ0) is 11.6. The molecule has 0 heterocycles. The van der Waals surface area contributed by atoms with Gasteiger partial charge in [0.1, 0.15) is 0 Å². The van der Waals surface area contributed by atoms with E-state index in [2.05, 4.69) is 0 Å². The third kappa shape index (κ3) is 2.31. The zero-order valence-electron chi connectivity index (χ0n) is 7.77. The number of aliphatic hydroxyl groups is 1. The Balaban J connectivity index is 3.21. The van der Waals surface area contributed by atoms with Gasteiger partial charge in [0.05, 0.1) is 12.1 Å². The number of aliphatic hydroxyl groups excluding tert-OH is 1. The van der Waals surface area contributed by atoms with Crippen LogP contribution in [0.1, 0.15) is 11.7 Å². The highest BCUT2D eigenvalue weighted by Crippen LogP contribution is 2.34. The maximum absolute atomic E-state index is 10.5. The van der Waals surface area contributed by atoms with Crippen molar-refractivity contribution in [1.29, 1.82) is 0 Å². The summed E-state index contributed by atoms with van der Waals surface area (Å²) in [6.45, 7) is 0. The second kappa shape index (κ2) is 4.37. The number of hydrogen-bond acceptors (Lipinski definition) is 4. The lowest BCUT2D eigenvalue weighted by Crippen LogP contribution is -2.10. The third-order valence-corrected chi connectivity index (χ3v) is 2.15. The van der Waals surface area contributed by atoms with Gasteiger partial charge in [-0.05, 0) is 6.07 Å². The monoisotopic (exact) mass is 232 g/mol. The minimum atomic E-state index is -1.77. The summed E-state index contributed by atoms with van der Waals surface area (Å²) in [5, 5.41) is 27.2. The first kappa shape index (κ1) is 11.6. The van der Waals surface area contributed by atoms with Crippen molar-refractivity contribution in [3.8, 4) is 11.5 Å². The van der Waals surface area contributed by atoms with Crippen molar-refractivity contribution in [3.63, 3.8) is 0 Å². The van der Waals surface area contributed by atoms with Crippen molar-refractivity contribution in [2.45, 2.75) is 6.10 Å². The fourth-order valence-corrected chi connectivity index (χ4v) is 1.32. The number of carboxylic acids is 1. The normalized spacial score (nSPS) is 12.2. The number of methoxy groups -OCH3 is 1. The molecule has 1 atom stereocenters. The molecule has 0 spiro atoms. The second-order valence-electron chi connectivity index (χ2n) is 2.79. The summed E-state index contributed by atoms with van der Waals surface area (Å²) < 4.78 is 4.76. The van der Waals surface area contributed by atoms with E-state index in [4.69, 9.17) is 21.4 Å². The average molecular weight is 233 g/mol. The Morgan fingerprint density at radius 1 is 1.53 bits per heavy atom. The number of carboxylic acid groups (broad SMARTS) is 1. The van der Waals surface area contributed by atoms with E-state index in [-0.39, 0.29) is 22.1 Å². The Labute approximate surface area is 90.5 Å². The molecule has 1 rings (SSSR count). The van der Waals surface area contributed by atoms with Crippen molar-refractivity contribution in [1.82, 2.24) is 0 Å². The van der Waals surface area contributed by atoms with E-state index < -0.39 is 12.1 Å². The molecule has 0 aliphatic rings. The third-order valence-electron chi connectivity index (χ3n) is 1.83. The molecule has 0 fully saturated rings. The highest BCUT2D eigenvalue weighted by molar-refractivity contribution is 6.31. The van der Waals surface area contributed by atoms with E-state index >= 15 is 0 Å². The lowest BCUT2D eigenvalue weighted by atomic mass is 10.1. The van der Waals surface area contributed by atoms with Crippen molar-refractivity contribution in [3.05, 3.63) is 22.7 Å². The van der Waals surface area contributed by atoms with E-state index in [0.717, 1.165) is 6.07 Å². The van der Waals surface area contributed by atoms with Gasteiger partial charge in [-0.25, -0.2) is 4.79 Å². The predicted molar refractivity (Wildman–Crippen MR) is 52.3 cm³/mol. The van der Waals surface area contributed by atoms with Crippen molar-refractivity contribution < 1.29 is 24.9 Å². The van der Waals surface area contributed by atoms with Crippen LogP contribution in [0, 0.1) is 0 Å². The van der Waals surface area contributed by atoms with E-state index in [1.165, 1.54) is 13.2 Å². The molecule has 0 aromatic heterocycles. The molecule has 1 aromatic carbocycles. The molecular formula is C9H9ClO5. The fraction of sp³-hybridized carbons (Fsp3) is 0.222.